The van der Waals surface area contributed by atoms with Gasteiger partial charge in [-0.3, -0.25) is 4.79 Å². The van der Waals surface area contributed by atoms with Gasteiger partial charge in [-0.05, 0) is 62.4 Å². The summed E-state index contributed by atoms with van der Waals surface area (Å²) in [5.41, 5.74) is 4.22. The standard InChI is InChI=1S/C25H23N7OS/c1-15-8-9-18(30-23(33)16-6-5-7-17(10-16)25(2,3)13-26)11-19(15)31-22-21-20(28-14-29-22)12-27-24(32-21)34-4/h5-12,14H,1-4H3,(H,30,33)(H,28,29,31). The van der Waals surface area contributed by atoms with Crippen LogP contribution in [0, 0.1) is 18.3 Å². The molecule has 0 spiro atoms. The Hall–Kier alpha value is -4.03. The minimum atomic E-state index is -0.683. The van der Waals surface area contributed by atoms with Crippen LogP contribution in [0.5, 0.6) is 0 Å². The Labute approximate surface area is 201 Å². The van der Waals surface area contributed by atoms with Crippen LogP contribution in [0.4, 0.5) is 17.2 Å². The van der Waals surface area contributed by atoms with Crippen molar-refractivity contribution in [1.82, 2.24) is 19.9 Å². The number of benzene rings is 2. The summed E-state index contributed by atoms with van der Waals surface area (Å²) in [7, 11) is 0. The number of aryl methyl sites for hydroxylation is 1. The molecule has 0 aliphatic rings. The van der Waals surface area contributed by atoms with Gasteiger partial charge >= 0.3 is 0 Å². The predicted molar refractivity (Wildman–Crippen MR) is 134 cm³/mol. The van der Waals surface area contributed by atoms with Gasteiger partial charge in [-0.15, -0.1) is 0 Å². The van der Waals surface area contributed by atoms with Crippen LogP contribution in [-0.4, -0.2) is 32.1 Å². The van der Waals surface area contributed by atoms with E-state index in [0.29, 0.717) is 33.3 Å². The normalized spacial score (nSPS) is 11.1. The summed E-state index contributed by atoms with van der Waals surface area (Å²) >= 11 is 1.44. The van der Waals surface area contributed by atoms with Gasteiger partial charge in [0.15, 0.2) is 11.0 Å². The summed E-state index contributed by atoms with van der Waals surface area (Å²) in [5, 5.41) is 16.3. The van der Waals surface area contributed by atoms with E-state index in [0.717, 1.165) is 16.8 Å². The highest BCUT2D eigenvalue weighted by Gasteiger charge is 2.21. The van der Waals surface area contributed by atoms with Crippen molar-refractivity contribution in [2.24, 2.45) is 0 Å². The average Bonchev–Trinajstić information content (AvgIpc) is 2.86. The summed E-state index contributed by atoms with van der Waals surface area (Å²) in [5.74, 6) is 0.302. The van der Waals surface area contributed by atoms with Crippen molar-refractivity contribution in [2.75, 3.05) is 16.9 Å². The number of anilines is 3. The molecule has 4 rings (SSSR count). The smallest absolute Gasteiger partial charge is 0.255 e. The average molecular weight is 470 g/mol. The maximum Gasteiger partial charge on any atom is 0.255 e. The van der Waals surface area contributed by atoms with Gasteiger partial charge < -0.3 is 10.6 Å². The lowest BCUT2D eigenvalue weighted by Crippen LogP contribution is -2.17. The van der Waals surface area contributed by atoms with E-state index >= 15 is 0 Å². The molecule has 0 unspecified atom stereocenters. The Balaban J connectivity index is 1.60. The molecule has 2 heterocycles. The predicted octanol–water partition coefficient (Wildman–Crippen LogP) is 5.25. The quantitative estimate of drug-likeness (QED) is 0.291. The second-order valence-electron chi connectivity index (χ2n) is 8.24. The van der Waals surface area contributed by atoms with E-state index in [2.05, 4.69) is 36.6 Å². The van der Waals surface area contributed by atoms with Crippen LogP contribution in [0.15, 0.2) is 60.1 Å². The zero-order valence-electron chi connectivity index (χ0n) is 19.2. The Morgan fingerprint density at radius 1 is 1.12 bits per heavy atom. The van der Waals surface area contributed by atoms with Gasteiger partial charge in [-0.25, -0.2) is 19.9 Å². The summed E-state index contributed by atoms with van der Waals surface area (Å²) < 4.78 is 0. The molecular formula is C25H23N7OS. The third-order valence-electron chi connectivity index (χ3n) is 5.41. The molecule has 0 saturated carbocycles. The molecule has 34 heavy (non-hydrogen) atoms. The van der Waals surface area contributed by atoms with Crippen molar-refractivity contribution in [2.45, 2.75) is 31.3 Å². The number of hydrogen-bond donors (Lipinski definition) is 2. The maximum absolute atomic E-state index is 12.9. The van der Waals surface area contributed by atoms with Crippen LogP contribution in [0.25, 0.3) is 11.0 Å². The Bertz CT molecular complexity index is 1430. The molecule has 0 aliphatic heterocycles. The molecule has 1 amide bonds. The number of amides is 1. The van der Waals surface area contributed by atoms with Gasteiger partial charge in [0.25, 0.3) is 5.91 Å². The van der Waals surface area contributed by atoms with Gasteiger partial charge in [-0.2, -0.15) is 5.26 Å². The fourth-order valence-corrected chi connectivity index (χ4v) is 3.65. The first kappa shape index (κ1) is 23.1. The zero-order valence-corrected chi connectivity index (χ0v) is 20.1. The highest BCUT2D eigenvalue weighted by molar-refractivity contribution is 7.98. The van der Waals surface area contributed by atoms with E-state index in [1.54, 1.807) is 24.4 Å². The summed E-state index contributed by atoms with van der Waals surface area (Å²) in [4.78, 5) is 30.3. The number of nitriles is 1. The molecule has 2 aromatic heterocycles. The van der Waals surface area contributed by atoms with Crippen LogP contribution < -0.4 is 10.6 Å². The number of nitrogens with zero attached hydrogens (tertiary/aromatic N) is 5. The van der Waals surface area contributed by atoms with Crippen LogP contribution in [0.2, 0.25) is 0 Å². The Kier molecular flexibility index (Phi) is 6.43. The highest BCUT2D eigenvalue weighted by Crippen LogP contribution is 2.28. The van der Waals surface area contributed by atoms with Crippen LogP contribution in [-0.2, 0) is 5.41 Å². The first-order valence-corrected chi connectivity index (χ1v) is 11.8. The highest BCUT2D eigenvalue weighted by atomic mass is 32.2. The molecule has 170 valence electrons. The lowest BCUT2D eigenvalue weighted by atomic mass is 9.85. The van der Waals surface area contributed by atoms with Crippen LogP contribution in [0.3, 0.4) is 0 Å². The zero-order chi connectivity index (χ0) is 24.3. The molecule has 0 radical (unpaired) electrons. The SMILES string of the molecule is CSc1ncc2ncnc(Nc3cc(NC(=O)c4cccc(C(C)(C)C#N)c4)ccc3C)c2n1. The number of fused-ring (bicyclic) bond motifs is 1. The van der Waals surface area contributed by atoms with E-state index in [-0.39, 0.29) is 5.91 Å². The first-order valence-electron chi connectivity index (χ1n) is 10.5. The molecule has 0 saturated heterocycles. The maximum atomic E-state index is 12.9. The Morgan fingerprint density at radius 2 is 1.94 bits per heavy atom. The fraction of sp³-hybridized carbons (Fsp3) is 0.200. The van der Waals surface area contributed by atoms with Gasteiger partial charge in [0.2, 0.25) is 0 Å². The van der Waals surface area contributed by atoms with Gasteiger partial charge in [0, 0.05) is 16.9 Å². The molecule has 2 N–H and O–H groups in total. The number of nitrogens with one attached hydrogen (secondary N) is 2. The third kappa shape index (κ3) is 4.82. The largest absolute Gasteiger partial charge is 0.338 e. The van der Waals surface area contributed by atoms with E-state index in [9.17, 15) is 10.1 Å². The molecule has 2 aromatic carbocycles. The van der Waals surface area contributed by atoms with E-state index in [1.807, 2.05) is 51.3 Å². The molecule has 0 fully saturated rings. The lowest BCUT2D eigenvalue weighted by molar-refractivity contribution is 0.102. The molecular weight excluding hydrogens is 446 g/mol. The fourth-order valence-electron chi connectivity index (χ4n) is 3.31. The number of carbonyl (C=O) groups excluding carboxylic acids is 1. The third-order valence-corrected chi connectivity index (χ3v) is 5.97. The number of rotatable bonds is 6. The number of carbonyl (C=O) groups is 1. The molecule has 4 aromatic rings. The van der Waals surface area contributed by atoms with Crippen molar-refractivity contribution >= 4 is 45.9 Å². The molecule has 0 atom stereocenters. The summed E-state index contributed by atoms with van der Waals surface area (Å²) in [6.07, 6.45) is 5.04. The van der Waals surface area contributed by atoms with Gasteiger partial charge in [0.1, 0.15) is 17.4 Å². The summed E-state index contributed by atoms with van der Waals surface area (Å²) in [6.45, 7) is 5.62. The monoisotopic (exact) mass is 469 g/mol. The topological polar surface area (TPSA) is 116 Å². The van der Waals surface area contributed by atoms with Crippen LogP contribution >= 0.6 is 11.8 Å². The molecule has 9 heteroatoms. The lowest BCUT2D eigenvalue weighted by Gasteiger charge is -2.17. The first-order chi connectivity index (χ1) is 16.3. The number of hydrogen-bond acceptors (Lipinski definition) is 8. The van der Waals surface area contributed by atoms with Crippen LogP contribution in [0.1, 0.15) is 35.3 Å². The second-order valence-corrected chi connectivity index (χ2v) is 9.01. The van der Waals surface area contributed by atoms with E-state index < -0.39 is 5.41 Å². The molecule has 0 aliphatic carbocycles. The van der Waals surface area contributed by atoms with Crippen molar-refractivity contribution in [3.63, 3.8) is 0 Å². The van der Waals surface area contributed by atoms with Gasteiger partial charge in [0.05, 0.1) is 17.7 Å². The second kappa shape index (κ2) is 9.45. The molecule has 8 nitrogen and oxygen atoms in total. The van der Waals surface area contributed by atoms with E-state index in [1.165, 1.54) is 18.1 Å². The van der Waals surface area contributed by atoms with Crippen molar-refractivity contribution in [1.29, 1.82) is 5.26 Å². The molecule has 0 bridgehead atoms. The van der Waals surface area contributed by atoms with Gasteiger partial charge in [-0.1, -0.05) is 30.0 Å². The number of aromatic nitrogens is 4. The minimum Gasteiger partial charge on any atom is -0.338 e. The Morgan fingerprint density at radius 3 is 2.71 bits per heavy atom. The summed E-state index contributed by atoms with van der Waals surface area (Å²) in [6, 6.07) is 15.0. The van der Waals surface area contributed by atoms with Crippen molar-refractivity contribution in [3.05, 3.63) is 71.7 Å². The van der Waals surface area contributed by atoms with Crippen molar-refractivity contribution < 1.29 is 4.79 Å². The van der Waals surface area contributed by atoms with E-state index in [4.69, 9.17) is 0 Å². The van der Waals surface area contributed by atoms with Crippen molar-refractivity contribution in [3.8, 4) is 6.07 Å². The number of thioether (sulfide) groups is 1. The minimum absolute atomic E-state index is 0.254.